The minimum absolute atomic E-state index is 0.0572. The van der Waals surface area contributed by atoms with Crippen molar-refractivity contribution in [3.05, 3.63) is 12.7 Å². The molecule has 0 heterocycles. The minimum atomic E-state index is -4.29. The predicted octanol–water partition coefficient (Wildman–Crippen LogP) is 1.56. The molecule has 0 unspecified atom stereocenters. The highest BCUT2D eigenvalue weighted by atomic mass is 19.4. The van der Waals surface area contributed by atoms with E-state index in [0.717, 1.165) is 0 Å². The van der Waals surface area contributed by atoms with Crippen LogP contribution in [0.15, 0.2) is 12.7 Å². The molecular weight excluding hydrogens is 221 g/mol. The standard InChI is InChI=1S/C10H17F3N2O/c1-4-5-15(8(2)3)9(16)6-14-7-10(11,12)13/h4,8,14H,1,5-7H2,2-3H3. The molecule has 1 N–H and O–H groups in total. The zero-order valence-electron chi connectivity index (χ0n) is 9.47. The van der Waals surface area contributed by atoms with E-state index in [1.807, 2.05) is 0 Å². The van der Waals surface area contributed by atoms with Crippen molar-refractivity contribution in [1.29, 1.82) is 0 Å². The number of carbonyl (C=O) groups is 1. The second-order valence-electron chi connectivity index (χ2n) is 3.65. The molecule has 94 valence electrons. The number of nitrogens with zero attached hydrogens (tertiary/aromatic N) is 1. The zero-order valence-corrected chi connectivity index (χ0v) is 9.47. The van der Waals surface area contributed by atoms with E-state index in [-0.39, 0.29) is 18.5 Å². The summed E-state index contributed by atoms with van der Waals surface area (Å²) in [7, 11) is 0. The Labute approximate surface area is 93.3 Å². The average Bonchev–Trinajstić information content (AvgIpc) is 2.11. The number of rotatable bonds is 6. The fraction of sp³-hybridized carbons (Fsp3) is 0.700. The Hall–Kier alpha value is -1.04. The van der Waals surface area contributed by atoms with Crippen LogP contribution in [0.25, 0.3) is 0 Å². The third-order valence-electron chi connectivity index (χ3n) is 1.87. The first-order valence-electron chi connectivity index (χ1n) is 4.95. The van der Waals surface area contributed by atoms with Gasteiger partial charge in [0.25, 0.3) is 0 Å². The number of carbonyl (C=O) groups excluding carboxylic acids is 1. The summed E-state index contributed by atoms with van der Waals surface area (Å²) < 4.78 is 35.4. The molecule has 0 aliphatic heterocycles. The lowest BCUT2D eigenvalue weighted by atomic mass is 10.3. The molecule has 0 aliphatic rings. The zero-order chi connectivity index (χ0) is 12.8. The van der Waals surface area contributed by atoms with E-state index < -0.39 is 12.7 Å². The van der Waals surface area contributed by atoms with Gasteiger partial charge in [-0.2, -0.15) is 13.2 Å². The Bertz CT molecular complexity index is 239. The summed E-state index contributed by atoms with van der Waals surface area (Å²) in [4.78, 5) is 13.0. The van der Waals surface area contributed by atoms with Gasteiger partial charge >= 0.3 is 6.18 Å². The molecule has 0 saturated heterocycles. The van der Waals surface area contributed by atoms with Gasteiger partial charge in [0.2, 0.25) is 5.91 Å². The Morgan fingerprint density at radius 1 is 1.50 bits per heavy atom. The van der Waals surface area contributed by atoms with Crippen LogP contribution in [0.5, 0.6) is 0 Å². The molecule has 16 heavy (non-hydrogen) atoms. The summed E-state index contributed by atoms with van der Waals surface area (Å²) in [5.74, 6) is -0.362. The molecule has 0 aromatic carbocycles. The van der Waals surface area contributed by atoms with Crippen molar-refractivity contribution in [3.8, 4) is 0 Å². The number of alkyl halides is 3. The molecule has 0 saturated carbocycles. The van der Waals surface area contributed by atoms with Gasteiger partial charge in [0.1, 0.15) is 0 Å². The Morgan fingerprint density at radius 2 is 2.06 bits per heavy atom. The van der Waals surface area contributed by atoms with E-state index >= 15 is 0 Å². The maximum absolute atomic E-state index is 11.8. The fourth-order valence-electron chi connectivity index (χ4n) is 1.15. The first kappa shape index (κ1) is 15.0. The topological polar surface area (TPSA) is 32.3 Å². The number of hydrogen-bond acceptors (Lipinski definition) is 2. The van der Waals surface area contributed by atoms with Gasteiger partial charge in [-0.3, -0.25) is 4.79 Å². The van der Waals surface area contributed by atoms with E-state index in [4.69, 9.17) is 0 Å². The number of amides is 1. The predicted molar refractivity (Wildman–Crippen MR) is 56.0 cm³/mol. The summed E-state index contributed by atoms with van der Waals surface area (Å²) in [6.07, 6.45) is -2.75. The largest absolute Gasteiger partial charge is 0.401 e. The SMILES string of the molecule is C=CCN(C(=O)CNCC(F)(F)F)C(C)C. The van der Waals surface area contributed by atoms with E-state index in [9.17, 15) is 18.0 Å². The Kier molecular flexibility index (Phi) is 6.10. The van der Waals surface area contributed by atoms with Crippen LogP contribution in [0.2, 0.25) is 0 Å². The van der Waals surface area contributed by atoms with Crippen LogP contribution in [0, 0.1) is 0 Å². The summed E-state index contributed by atoms with van der Waals surface area (Å²) >= 11 is 0. The smallest absolute Gasteiger partial charge is 0.335 e. The molecule has 0 aliphatic carbocycles. The molecule has 0 rings (SSSR count). The monoisotopic (exact) mass is 238 g/mol. The van der Waals surface area contributed by atoms with Crippen molar-refractivity contribution in [2.24, 2.45) is 0 Å². The normalized spacial score (nSPS) is 11.6. The lowest BCUT2D eigenvalue weighted by Crippen LogP contribution is -2.44. The lowest BCUT2D eigenvalue weighted by molar-refractivity contribution is -0.135. The van der Waals surface area contributed by atoms with Crippen molar-refractivity contribution in [1.82, 2.24) is 10.2 Å². The molecule has 0 atom stereocenters. The summed E-state index contributed by atoms with van der Waals surface area (Å²) in [5, 5.41) is 2.07. The lowest BCUT2D eigenvalue weighted by Gasteiger charge is -2.25. The molecule has 0 spiro atoms. The van der Waals surface area contributed by atoms with Crippen molar-refractivity contribution < 1.29 is 18.0 Å². The molecule has 6 heteroatoms. The van der Waals surface area contributed by atoms with Crippen molar-refractivity contribution in [2.75, 3.05) is 19.6 Å². The maximum atomic E-state index is 11.8. The van der Waals surface area contributed by atoms with Crippen LogP contribution in [0.4, 0.5) is 13.2 Å². The molecule has 0 aromatic heterocycles. The number of halogens is 3. The minimum Gasteiger partial charge on any atom is -0.335 e. The van der Waals surface area contributed by atoms with Crippen LogP contribution in [-0.2, 0) is 4.79 Å². The van der Waals surface area contributed by atoms with Gasteiger partial charge in [0, 0.05) is 12.6 Å². The number of nitrogens with one attached hydrogen (secondary N) is 1. The van der Waals surface area contributed by atoms with Crippen molar-refractivity contribution in [3.63, 3.8) is 0 Å². The highest BCUT2D eigenvalue weighted by Crippen LogP contribution is 2.12. The highest BCUT2D eigenvalue weighted by molar-refractivity contribution is 5.78. The highest BCUT2D eigenvalue weighted by Gasteiger charge is 2.27. The molecule has 0 aromatic rings. The van der Waals surface area contributed by atoms with Gasteiger partial charge in [-0.05, 0) is 13.8 Å². The Morgan fingerprint density at radius 3 is 2.44 bits per heavy atom. The number of hydrogen-bond donors (Lipinski definition) is 1. The fourth-order valence-corrected chi connectivity index (χ4v) is 1.15. The summed E-state index contributed by atoms with van der Waals surface area (Å²) in [6.45, 7) is 5.95. The van der Waals surface area contributed by atoms with Crippen molar-refractivity contribution >= 4 is 5.91 Å². The molecule has 1 amide bonds. The third-order valence-corrected chi connectivity index (χ3v) is 1.87. The third kappa shape index (κ3) is 6.44. The van der Waals surface area contributed by atoms with Crippen molar-refractivity contribution in [2.45, 2.75) is 26.1 Å². The van der Waals surface area contributed by atoms with Gasteiger partial charge < -0.3 is 10.2 Å². The van der Waals surface area contributed by atoms with Gasteiger partial charge in [-0.1, -0.05) is 6.08 Å². The average molecular weight is 238 g/mol. The molecule has 0 bridgehead atoms. The van der Waals surface area contributed by atoms with E-state index in [2.05, 4.69) is 11.9 Å². The molecule has 0 fully saturated rings. The van der Waals surface area contributed by atoms with Crippen LogP contribution in [-0.4, -0.2) is 42.7 Å². The van der Waals surface area contributed by atoms with Gasteiger partial charge in [-0.15, -0.1) is 6.58 Å². The van der Waals surface area contributed by atoms with Crippen LogP contribution in [0.1, 0.15) is 13.8 Å². The van der Waals surface area contributed by atoms with Crippen LogP contribution >= 0.6 is 0 Å². The first-order chi connectivity index (χ1) is 7.28. The first-order valence-corrected chi connectivity index (χ1v) is 4.95. The summed E-state index contributed by atoms with van der Waals surface area (Å²) in [6, 6.07) is -0.0572. The maximum Gasteiger partial charge on any atom is 0.401 e. The van der Waals surface area contributed by atoms with Crippen LogP contribution in [0.3, 0.4) is 0 Å². The van der Waals surface area contributed by atoms with Gasteiger partial charge in [0.15, 0.2) is 0 Å². The van der Waals surface area contributed by atoms with E-state index in [1.54, 1.807) is 19.9 Å². The quantitative estimate of drug-likeness (QED) is 0.712. The van der Waals surface area contributed by atoms with Crippen LogP contribution < -0.4 is 5.32 Å². The second-order valence-corrected chi connectivity index (χ2v) is 3.65. The summed E-state index contributed by atoms with van der Waals surface area (Å²) in [5.41, 5.74) is 0. The van der Waals surface area contributed by atoms with Gasteiger partial charge in [-0.25, -0.2) is 0 Å². The second kappa shape index (κ2) is 6.52. The molecule has 3 nitrogen and oxygen atoms in total. The molecule has 0 radical (unpaired) electrons. The molecular formula is C10H17F3N2O. The van der Waals surface area contributed by atoms with E-state index in [0.29, 0.717) is 6.54 Å². The van der Waals surface area contributed by atoms with E-state index in [1.165, 1.54) is 4.90 Å². The van der Waals surface area contributed by atoms with Gasteiger partial charge in [0.05, 0.1) is 13.1 Å². The Balaban J connectivity index is 4.06.